The lowest BCUT2D eigenvalue weighted by Crippen LogP contribution is -2.34. The number of hydrogen-bond donors (Lipinski definition) is 3. The number of hydrogen-bond acceptors (Lipinski definition) is 5. The molecule has 0 bridgehead atoms. The highest BCUT2D eigenvalue weighted by molar-refractivity contribution is 5.58. The number of rotatable bonds is 4. The highest BCUT2D eigenvalue weighted by atomic mass is 19.1. The van der Waals surface area contributed by atoms with E-state index in [4.69, 9.17) is 4.74 Å². The highest BCUT2D eigenvalue weighted by Crippen LogP contribution is 2.30. The van der Waals surface area contributed by atoms with Crippen molar-refractivity contribution in [2.75, 3.05) is 0 Å². The first kappa shape index (κ1) is 22.2. The van der Waals surface area contributed by atoms with E-state index in [-0.39, 0.29) is 0 Å². The summed E-state index contributed by atoms with van der Waals surface area (Å²) in [6.45, 7) is 9.44. The van der Waals surface area contributed by atoms with Gasteiger partial charge in [0.15, 0.2) is 0 Å². The first-order valence-corrected chi connectivity index (χ1v) is 9.25. The molecule has 1 aliphatic heterocycles. The zero-order chi connectivity index (χ0) is 20.8. The van der Waals surface area contributed by atoms with Crippen LogP contribution < -0.4 is 0 Å². The molecule has 1 aliphatic carbocycles. The van der Waals surface area contributed by atoms with Gasteiger partial charge >= 0.3 is 0 Å². The van der Waals surface area contributed by atoms with Gasteiger partial charge in [-0.25, -0.2) is 4.39 Å². The van der Waals surface area contributed by atoms with E-state index in [9.17, 15) is 19.7 Å². The Morgan fingerprint density at radius 3 is 2.43 bits per heavy atom. The van der Waals surface area contributed by atoms with Gasteiger partial charge in [-0.1, -0.05) is 30.9 Å². The van der Waals surface area contributed by atoms with Gasteiger partial charge in [0.25, 0.3) is 0 Å². The van der Waals surface area contributed by atoms with E-state index in [0.717, 1.165) is 17.7 Å². The van der Waals surface area contributed by atoms with Gasteiger partial charge in [0, 0.05) is 12.6 Å². The minimum absolute atomic E-state index is 0.401. The molecule has 1 aromatic carbocycles. The standard InChI is InChI=1S/C12H15FO4.C10H13N/c1-6-9(14)11(16)12(17-6)10(15)7-2-4-8(13)5-3-7;1-4-11-10-7-5-6-9(10)8(2)3/h2-6,9-12,14-16H,1H3;4-6H,2,7H2,1,3H3/t6-,9-,10+,11-,12-;/m0./s1. The maximum absolute atomic E-state index is 12.7. The Labute approximate surface area is 165 Å². The number of aliphatic imine (C=N–C) groups is 1. The molecule has 3 rings (SSSR count). The molecule has 1 heterocycles. The monoisotopic (exact) mass is 389 g/mol. The molecular weight excluding hydrogens is 361 g/mol. The van der Waals surface area contributed by atoms with Crippen molar-refractivity contribution < 1.29 is 24.4 Å². The van der Waals surface area contributed by atoms with Crippen LogP contribution in [-0.2, 0) is 4.74 Å². The van der Waals surface area contributed by atoms with Crippen molar-refractivity contribution in [3.8, 4) is 0 Å². The van der Waals surface area contributed by atoms with Crippen LogP contribution in [0, 0.1) is 5.82 Å². The molecular formula is C22H28FNO4. The SMILES string of the molecule is C=C(C)C1=C(N=CC)CC=C1.C[C@@H]1O[C@@H]([C@H](O)c2ccc(F)cc2)[C@@H](O)[C@H]1O. The van der Waals surface area contributed by atoms with Crippen LogP contribution in [0.3, 0.4) is 0 Å². The van der Waals surface area contributed by atoms with Crippen molar-refractivity contribution in [3.63, 3.8) is 0 Å². The van der Waals surface area contributed by atoms with E-state index >= 15 is 0 Å². The van der Waals surface area contributed by atoms with Gasteiger partial charge in [-0.3, -0.25) is 4.99 Å². The molecule has 0 saturated carbocycles. The molecule has 0 radical (unpaired) electrons. The molecule has 0 spiro atoms. The summed E-state index contributed by atoms with van der Waals surface area (Å²) in [7, 11) is 0. The van der Waals surface area contributed by atoms with Gasteiger partial charge in [-0.15, -0.1) is 0 Å². The van der Waals surface area contributed by atoms with E-state index in [1.165, 1.54) is 29.8 Å². The molecule has 0 aromatic heterocycles. The Morgan fingerprint density at radius 1 is 1.29 bits per heavy atom. The largest absolute Gasteiger partial charge is 0.388 e. The predicted molar refractivity (Wildman–Crippen MR) is 107 cm³/mol. The second-order valence-corrected chi connectivity index (χ2v) is 6.92. The first-order chi connectivity index (χ1) is 13.3. The van der Waals surface area contributed by atoms with Gasteiger partial charge in [0.05, 0.1) is 11.8 Å². The van der Waals surface area contributed by atoms with E-state index in [1.54, 1.807) is 6.92 Å². The summed E-state index contributed by atoms with van der Waals surface area (Å²) in [4.78, 5) is 4.26. The number of halogens is 1. The lowest BCUT2D eigenvalue weighted by molar-refractivity contribution is -0.0635. The van der Waals surface area contributed by atoms with Gasteiger partial charge in [0.1, 0.15) is 30.2 Å². The van der Waals surface area contributed by atoms with E-state index in [1.807, 2.05) is 20.1 Å². The molecule has 5 atom stereocenters. The van der Waals surface area contributed by atoms with Crippen LogP contribution in [0.2, 0.25) is 0 Å². The van der Waals surface area contributed by atoms with Crippen LogP contribution in [0.1, 0.15) is 38.9 Å². The Morgan fingerprint density at radius 2 is 1.93 bits per heavy atom. The fourth-order valence-corrected chi connectivity index (χ4v) is 3.15. The molecule has 6 heteroatoms. The second-order valence-electron chi connectivity index (χ2n) is 6.92. The molecule has 1 fully saturated rings. The molecule has 28 heavy (non-hydrogen) atoms. The normalized spacial score (nSPS) is 27.8. The van der Waals surface area contributed by atoms with Crippen molar-refractivity contribution in [1.29, 1.82) is 0 Å². The fourth-order valence-electron chi connectivity index (χ4n) is 3.15. The van der Waals surface area contributed by atoms with E-state index in [2.05, 4.69) is 23.7 Å². The Kier molecular flexibility index (Phi) is 7.83. The third-order valence-corrected chi connectivity index (χ3v) is 4.71. The van der Waals surface area contributed by atoms with Crippen LogP contribution in [0.4, 0.5) is 4.39 Å². The third kappa shape index (κ3) is 5.23. The van der Waals surface area contributed by atoms with E-state index < -0.39 is 36.3 Å². The molecule has 0 unspecified atom stereocenters. The summed E-state index contributed by atoms with van der Waals surface area (Å²) < 4.78 is 18.0. The summed E-state index contributed by atoms with van der Waals surface area (Å²) >= 11 is 0. The topological polar surface area (TPSA) is 82.3 Å². The number of allylic oxidation sites excluding steroid dienone is 4. The van der Waals surface area contributed by atoms with Gasteiger partial charge in [0.2, 0.25) is 0 Å². The zero-order valence-corrected chi connectivity index (χ0v) is 16.4. The van der Waals surface area contributed by atoms with Gasteiger partial charge in [-0.05, 0) is 49.6 Å². The number of aliphatic hydroxyl groups is 3. The van der Waals surface area contributed by atoms with Gasteiger partial charge in [-0.2, -0.15) is 0 Å². The van der Waals surface area contributed by atoms with Gasteiger partial charge < -0.3 is 20.1 Å². The number of nitrogens with zero attached hydrogens (tertiary/aromatic N) is 1. The van der Waals surface area contributed by atoms with Crippen LogP contribution >= 0.6 is 0 Å². The Bertz CT molecular complexity index is 769. The second kappa shape index (κ2) is 9.89. The molecule has 0 amide bonds. The lowest BCUT2D eigenvalue weighted by Gasteiger charge is -2.21. The minimum Gasteiger partial charge on any atom is -0.388 e. The third-order valence-electron chi connectivity index (χ3n) is 4.71. The minimum atomic E-state index is -1.15. The predicted octanol–water partition coefficient (Wildman–Crippen LogP) is 3.24. The summed E-state index contributed by atoms with van der Waals surface area (Å²) in [5.41, 5.74) is 3.87. The molecule has 1 aromatic rings. The van der Waals surface area contributed by atoms with Crippen LogP contribution in [0.5, 0.6) is 0 Å². The van der Waals surface area contributed by atoms with Crippen molar-refractivity contribution in [3.05, 3.63) is 71.2 Å². The molecule has 2 aliphatic rings. The molecule has 3 N–H and O–H groups in total. The van der Waals surface area contributed by atoms with Crippen LogP contribution in [0.15, 0.2) is 64.8 Å². The quantitative estimate of drug-likeness (QED) is 0.691. The number of ether oxygens (including phenoxy) is 1. The summed E-state index contributed by atoms with van der Waals surface area (Å²) in [5.74, 6) is -0.401. The molecule has 1 saturated heterocycles. The molecule has 152 valence electrons. The van der Waals surface area contributed by atoms with Crippen LogP contribution in [0.25, 0.3) is 0 Å². The maximum atomic E-state index is 12.7. The molecule has 5 nitrogen and oxygen atoms in total. The van der Waals surface area contributed by atoms with E-state index in [0.29, 0.717) is 5.56 Å². The van der Waals surface area contributed by atoms with Crippen molar-refractivity contribution in [1.82, 2.24) is 0 Å². The number of aliphatic hydroxyl groups excluding tert-OH is 3. The zero-order valence-electron chi connectivity index (χ0n) is 16.4. The Hall–Kier alpha value is -2.12. The maximum Gasteiger partial charge on any atom is 0.123 e. The average Bonchev–Trinajstić information content (AvgIpc) is 3.23. The Balaban J connectivity index is 0.000000221. The number of benzene rings is 1. The first-order valence-electron chi connectivity index (χ1n) is 9.25. The van der Waals surface area contributed by atoms with Crippen LogP contribution in [-0.4, -0.2) is 46.0 Å². The fraction of sp³-hybridized carbons (Fsp3) is 0.409. The van der Waals surface area contributed by atoms with Crippen molar-refractivity contribution in [2.45, 2.75) is 57.7 Å². The van der Waals surface area contributed by atoms with Crippen molar-refractivity contribution in [2.24, 2.45) is 4.99 Å². The average molecular weight is 389 g/mol. The summed E-state index contributed by atoms with van der Waals surface area (Å²) in [6, 6.07) is 5.29. The summed E-state index contributed by atoms with van der Waals surface area (Å²) in [5, 5.41) is 29.2. The lowest BCUT2D eigenvalue weighted by atomic mass is 9.99. The summed E-state index contributed by atoms with van der Waals surface area (Å²) in [6.07, 6.45) is 2.29. The van der Waals surface area contributed by atoms with Crippen molar-refractivity contribution >= 4 is 6.21 Å². The smallest absolute Gasteiger partial charge is 0.123 e. The highest BCUT2D eigenvalue weighted by Gasteiger charge is 2.44.